The molecule has 0 aliphatic carbocycles. The van der Waals surface area contributed by atoms with Gasteiger partial charge in [0.15, 0.2) is 0 Å². The molecule has 2 rings (SSSR count). The molecule has 1 aliphatic rings. The fraction of sp³-hybridized carbons (Fsp3) is 0.571. The van der Waals surface area contributed by atoms with E-state index in [1.165, 1.54) is 6.07 Å². The smallest absolute Gasteiger partial charge is 0.384 e. The lowest BCUT2D eigenvalue weighted by Crippen LogP contribution is -2.30. The van der Waals surface area contributed by atoms with Crippen molar-refractivity contribution in [1.82, 2.24) is 4.90 Å². The maximum Gasteiger partial charge on any atom is 0.416 e. The number of halogens is 3. The van der Waals surface area contributed by atoms with E-state index < -0.39 is 17.3 Å². The number of likely N-dealkylation sites (tertiary alicyclic amines) is 1. The second-order valence-electron chi connectivity index (χ2n) is 5.53. The van der Waals surface area contributed by atoms with Crippen LogP contribution in [0.1, 0.15) is 30.0 Å². The van der Waals surface area contributed by atoms with Crippen LogP contribution in [0.3, 0.4) is 0 Å². The van der Waals surface area contributed by atoms with Crippen LogP contribution < -0.4 is 0 Å². The Morgan fingerprint density at radius 1 is 1.37 bits per heavy atom. The topological polar surface area (TPSA) is 23.5 Å². The number of alkyl halides is 3. The number of hydrogen-bond acceptors (Lipinski definition) is 2. The highest BCUT2D eigenvalue weighted by Crippen LogP contribution is 2.38. The van der Waals surface area contributed by atoms with Gasteiger partial charge in [0.1, 0.15) is 5.60 Å². The second kappa shape index (κ2) is 4.49. The summed E-state index contributed by atoms with van der Waals surface area (Å²) in [6.07, 6.45) is -3.80. The van der Waals surface area contributed by atoms with Gasteiger partial charge in [-0.3, -0.25) is 0 Å². The van der Waals surface area contributed by atoms with Gasteiger partial charge >= 0.3 is 6.18 Å². The summed E-state index contributed by atoms with van der Waals surface area (Å²) < 4.78 is 37.9. The van der Waals surface area contributed by atoms with Gasteiger partial charge in [-0.15, -0.1) is 0 Å². The zero-order valence-corrected chi connectivity index (χ0v) is 11.3. The summed E-state index contributed by atoms with van der Waals surface area (Å²) in [7, 11) is 1.90. The van der Waals surface area contributed by atoms with Crippen molar-refractivity contribution < 1.29 is 18.3 Å². The molecule has 1 N–H and O–H groups in total. The molecule has 0 bridgehead atoms. The highest BCUT2D eigenvalue weighted by atomic mass is 19.4. The number of rotatable bonds is 1. The predicted molar refractivity (Wildman–Crippen MR) is 66.8 cm³/mol. The molecule has 1 heterocycles. The van der Waals surface area contributed by atoms with E-state index in [9.17, 15) is 18.3 Å². The van der Waals surface area contributed by atoms with Gasteiger partial charge in [0.2, 0.25) is 0 Å². The van der Waals surface area contributed by atoms with Crippen LogP contribution >= 0.6 is 0 Å². The van der Waals surface area contributed by atoms with E-state index in [-0.39, 0.29) is 6.04 Å². The van der Waals surface area contributed by atoms with Crippen LogP contribution in [0.25, 0.3) is 0 Å². The van der Waals surface area contributed by atoms with Crippen molar-refractivity contribution in [3.8, 4) is 0 Å². The molecule has 1 aromatic rings. The monoisotopic (exact) mass is 273 g/mol. The maximum absolute atomic E-state index is 12.6. The number of β-amino-alcohol motifs (C(OH)–C–C–N with tert-alkyl or cyclic N) is 1. The lowest BCUT2D eigenvalue weighted by atomic mass is 9.87. The molecule has 1 fully saturated rings. The summed E-state index contributed by atoms with van der Waals surface area (Å²) in [5.41, 5.74) is -0.643. The quantitative estimate of drug-likeness (QED) is 0.850. The minimum absolute atomic E-state index is 0.215. The summed E-state index contributed by atoms with van der Waals surface area (Å²) in [5.74, 6) is 0. The van der Waals surface area contributed by atoms with Gasteiger partial charge in [0, 0.05) is 12.6 Å². The first kappa shape index (κ1) is 14.3. The zero-order chi connectivity index (χ0) is 14.4. The van der Waals surface area contributed by atoms with Crippen molar-refractivity contribution in [2.45, 2.75) is 38.1 Å². The molecule has 0 radical (unpaired) electrons. The molecular formula is C14H18F3NO. The molecule has 0 aromatic heterocycles. The van der Waals surface area contributed by atoms with Crippen LogP contribution in [-0.4, -0.2) is 29.6 Å². The summed E-state index contributed by atoms with van der Waals surface area (Å²) in [6, 6.07) is 3.77. The first-order valence-corrected chi connectivity index (χ1v) is 6.24. The lowest BCUT2D eigenvalue weighted by Gasteiger charge is -2.25. The Labute approximate surface area is 110 Å². The van der Waals surface area contributed by atoms with Gasteiger partial charge in [-0.05, 0) is 50.6 Å². The molecule has 106 valence electrons. The van der Waals surface area contributed by atoms with Crippen molar-refractivity contribution >= 4 is 0 Å². The zero-order valence-electron chi connectivity index (χ0n) is 11.3. The Morgan fingerprint density at radius 3 is 2.42 bits per heavy atom. The molecular weight excluding hydrogens is 255 g/mol. The van der Waals surface area contributed by atoms with Gasteiger partial charge in [0.05, 0.1) is 5.56 Å². The Hall–Kier alpha value is -1.07. The number of hydrogen-bond donors (Lipinski definition) is 1. The first-order chi connectivity index (χ1) is 8.63. The number of benzene rings is 1. The molecule has 19 heavy (non-hydrogen) atoms. The molecule has 2 unspecified atom stereocenters. The van der Waals surface area contributed by atoms with E-state index in [2.05, 4.69) is 0 Å². The molecule has 5 heteroatoms. The average Bonchev–Trinajstić information content (AvgIpc) is 2.52. The maximum atomic E-state index is 12.6. The molecule has 1 aliphatic heterocycles. The Kier molecular flexibility index (Phi) is 3.39. The predicted octanol–water partition coefficient (Wildman–Crippen LogP) is 2.93. The third-order valence-corrected chi connectivity index (χ3v) is 3.95. The van der Waals surface area contributed by atoms with Gasteiger partial charge in [0.25, 0.3) is 0 Å². The lowest BCUT2D eigenvalue weighted by molar-refractivity contribution is -0.137. The summed E-state index contributed by atoms with van der Waals surface area (Å²) in [5, 5.41) is 10.7. The SMILES string of the molecule is Cc1cc(C(F)(F)F)ccc1C1(O)CC(C)N(C)C1. The van der Waals surface area contributed by atoms with E-state index in [4.69, 9.17) is 0 Å². The number of aryl methyl sites for hydroxylation is 1. The standard InChI is InChI=1S/C14H18F3NO/c1-9-6-11(14(15,16)17)4-5-12(9)13(19)7-10(2)18(3)8-13/h4-6,10,19H,7-8H2,1-3H3. The number of aliphatic hydroxyl groups is 1. The molecule has 0 spiro atoms. The molecule has 2 nitrogen and oxygen atoms in total. The first-order valence-electron chi connectivity index (χ1n) is 6.24. The Morgan fingerprint density at radius 2 is 2.00 bits per heavy atom. The van der Waals surface area contributed by atoms with E-state index >= 15 is 0 Å². The molecule has 1 saturated heterocycles. The van der Waals surface area contributed by atoms with Crippen LogP contribution in [0.4, 0.5) is 13.2 Å². The van der Waals surface area contributed by atoms with E-state index in [1.54, 1.807) is 6.92 Å². The van der Waals surface area contributed by atoms with Crippen LogP contribution in [0.15, 0.2) is 18.2 Å². The Bertz CT molecular complexity index is 474. The summed E-state index contributed by atoms with van der Waals surface area (Å²) >= 11 is 0. The van der Waals surface area contributed by atoms with Gasteiger partial charge in [-0.25, -0.2) is 0 Å². The normalized spacial score (nSPS) is 28.9. The highest BCUT2D eigenvalue weighted by molar-refractivity contribution is 5.37. The number of likely N-dealkylation sites (N-methyl/N-ethyl adjacent to an activating group) is 1. The van der Waals surface area contributed by atoms with Crippen LogP contribution in [0.2, 0.25) is 0 Å². The fourth-order valence-electron chi connectivity index (χ4n) is 2.83. The molecule has 2 atom stereocenters. The molecule has 0 amide bonds. The van der Waals surface area contributed by atoms with Crippen LogP contribution in [-0.2, 0) is 11.8 Å². The van der Waals surface area contributed by atoms with Crippen molar-refractivity contribution in [3.05, 3.63) is 34.9 Å². The minimum atomic E-state index is -4.34. The van der Waals surface area contributed by atoms with E-state index in [1.807, 2.05) is 18.9 Å². The number of nitrogens with zero attached hydrogens (tertiary/aromatic N) is 1. The van der Waals surface area contributed by atoms with Gasteiger partial charge in [-0.1, -0.05) is 6.07 Å². The third-order valence-electron chi connectivity index (χ3n) is 3.95. The molecule has 0 saturated carbocycles. The van der Waals surface area contributed by atoms with Crippen molar-refractivity contribution in [2.75, 3.05) is 13.6 Å². The van der Waals surface area contributed by atoms with E-state index in [0.717, 1.165) is 12.1 Å². The van der Waals surface area contributed by atoms with Gasteiger partial charge < -0.3 is 10.0 Å². The third kappa shape index (κ3) is 2.62. The highest BCUT2D eigenvalue weighted by Gasteiger charge is 2.41. The van der Waals surface area contributed by atoms with Crippen molar-refractivity contribution in [3.63, 3.8) is 0 Å². The summed E-state index contributed by atoms with van der Waals surface area (Å²) in [4.78, 5) is 2.01. The van der Waals surface area contributed by atoms with Crippen LogP contribution in [0.5, 0.6) is 0 Å². The largest absolute Gasteiger partial charge is 0.416 e. The van der Waals surface area contributed by atoms with Crippen molar-refractivity contribution in [1.29, 1.82) is 0 Å². The Balaban J connectivity index is 2.37. The summed E-state index contributed by atoms with van der Waals surface area (Å²) in [6.45, 7) is 4.06. The van der Waals surface area contributed by atoms with Crippen LogP contribution in [0, 0.1) is 6.92 Å². The second-order valence-corrected chi connectivity index (χ2v) is 5.53. The fourth-order valence-corrected chi connectivity index (χ4v) is 2.83. The van der Waals surface area contributed by atoms with Gasteiger partial charge in [-0.2, -0.15) is 13.2 Å². The minimum Gasteiger partial charge on any atom is -0.384 e. The molecule has 1 aromatic carbocycles. The van der Waals surface area contributed by atoms with Crippen molar-refractivity contribution in [2.24, 2.45) is 0 Å². The van der Waals surface area contributed by atoms with E-state index in [0.29, 0.717) is 24.1 Å². The average molecular weight is 273 g/mol.